The summed E-state index contributed by atoms with van der Waals surface area (Å²) in [5.41, 5.74) is -1.22. The zero-order valence-electron chi connectivity index (χ0n) is 9.18. The molecule has 9 radical (unpaired) electrons. The minimum Gasteiger partial charge on any atom is -0.166 e. The van der Waals surface area contributed by atoms with Gasteiger partial charge in [0.1, 0.15) is 7.85 Å². The molecule has 1 rings (SSSR count). The molecule has 0 saturated carbocycles. The molecule has 0 unspecified atom stereocenters. The van der Waals surface area contributed by atoms with Crippen molar-refractivity contribution in [3.05, 3.63) is 17.2 Å². The topological polar surface area (TPSA) is 0 Å². The lowest BCUT2D eigenvalue weighted by molar-refractivity contribution is -0.135. The zero-order valence-corrected chi connectivity index (χ0v) is 9.18. The van der Waals surface area contributed by atoms with Crippen molar-refractivity contribution in [2.75, 3.05) is 0 Å². The maximum Gasteiger partial charge on any atom is 0.415 e. The summed E-state index contributed by atoms with van der Waals surface area (Å²) in [4.78, 5) is 0. The van der Waals surface area contributed by atoms with Crippen LogP contribution in [0.3, 0.4) is 0 Å². The Hall–Kier alpha value is -0.600. The molecular weight excluding hydrogens is 218 g/mol. The molecule has 0 atom stereocenters. The first-order valence-electron chi connectivity index (χ1n) is 4.76. The van der Waals surface area contributed by atoms with Crippen LogP contribution >= 0.6 is 0 Å². The minimum absolute atomic E-state index is 0.0540. The van der Waals surface area contributed by atoms with E-state index in [0.717, 1.165) is 7.17 Å². The van der Waals surface area contributed by atoms with Gasteiger partial charge in [-0.2, -0.15) is 13.2 Å². The first kappa shape index (κ1) is 14.5. The number of alkyl halides is 3. The quantitative estimate of drug-likeness (QED) is 0.521. The van der Waals surface area contributed by atoms with E-state index >= 15 is 0 Å². The fraction of sp³-hybridized carbons (Fsp3) is 0.250. The lowest BCUT2D eigenvalue weighted by atomic mass is 9.16. The van der Waals surface area contributed by atoms with Gasteiger partial charge in [-0.3, -0.25) is 0 Å². The Bertz CT molecular complexity index is 428. The van der Waals surface area contributed by atoms with Gasteiger partial charge in [0.15, 0.2) is 0 Å². The summed E-state index contributed by atoms with van der Waals surface area (Å²) in [6.45, 7) is 0.222. The highest BCUT2D eigenvalue weighted by Gasteiger charge is 2.36. The summed E-state index contributed by atoms with van der Waals surface area (Å²) in [6.07, 6.45) is -4.61. The summed E-state index contributed by atoms with van der Waals surface area (Å²) in [5.74, 6) is 0. The molecule has 1 aromatic carbocycles. The molecule has 0 aliphatic heterocycles. The van der Waals surface area contributed by atoms with E-state index in [1.807, 2.05) is 0 Å². The lowest BCUT2D eigenvalue weighted by Gasteiger charge is -2.24. The van der Waals surface area contributed by atoms with Crippen molar-refractivity contribution in [3.8, 4) is 0 Å². The number of benzene rings is 1. The molecule has 0 saturated heterocycles. The molecule has 0 aliphatic rings. The van der Waals surface area contributed by atoms with E-state index in [1.165, 1.54) is 13.0 Å². The Kier molecular flexibility index (Phi) is 4.21. The molecule has 0 amide bonds. The summed E-state index contributed by atoms with van der Waals surface area (Å²) in [5, 5.41) is 0. The van der Waals surface area contributed by atoms with E-state index in [-0.39, 0.29) is 22.0 Å². The highest BCUT2D eigenvalue weighted by atomic mass is 19.4. The van der Waals surface area contributed by atoms with Crippen LogP contribution in [-0.4, -0.2) is 44.7 Å². The molecule has 0 aliphatic carbocycles. The molecule has 0 aromatic heterocycles. The molecule has 0 nitrogen and oxygen atoms in total. The Morgan fingerprint density at radius 2 is 1.82 bits per heavy atom. The molecule has 0 spiro atoms. The number of hydrogen-bond acceptors (Lipinski definition) is 0. The van der Waals surface area contributed by atoms with Gasteiger partial charge in [0, 0.05) is 28.8 Å². The second kappa shape index (κ2) is 4.95. The van der Waals surface area contributed by atoms with Crippen LogP contribution in [0.5, 0.6) is 0 Å². The van der Waals surface area contributed by atoms with Gasteiger partial charge in [0.2, 0.25) is 0 Å². The third kappa shape index (κ3) is 2.80. The van der Waals surface area contributed by atoms with Gasteiger partial charge in [0.25, 0.3) is 0 Å². The van der Waals surface area contributed by atoms with E-state index < -0.39 is 18.2 Å². The van der Waals surface area contributed by atoms with Crippen LogP contribution in [0, 0.1) is 6.92 Å². The molecule has 1 aromatic rings. The summed E-state index contributed by atoms with van der Waals surface area (Å²) < 4.78 is 38.9. The third-order valence-electron chi connectivity index (χ3n) is 2.43. The number of aryl methyl sites for hydroxylation is 1. The van der Waals surface area contributed by atoms with Gasteiger partial charge in [-0.05, 0) is 6.92 Å². The average molecular weight is 222 g/mol. The Morgan fingerprint density at radius 3 is 2.18 bits per heavy atom. The van der Waals surface area contributed by atoms with Gasteiger partial charge < -0.3 is 0 Å². The Morgan fingerprint density at radius 1 is 1.29 bits per heavy atom. The van der Waals surface area contributed by atoms with Crippen LogP contribution in [0.1, 0.15) is 11.1 Å². The SMILES string of the molecule is [B][B]c1c([B])cc(C)c(B([B])[B])c1C(F)(F)F. The van der Waals surface area contributed by atoms with Crippen LogP contribution in [0.4, 0.5) is 13.2 Å². The van der Waals surface area contributed by atoms with Crippen molar-refractivity contribution in [1.29, 1.82) is 0 Å². The molecule has 17 heavy (non-hydrogen) atoms. The highest BCUT2D eigenvalue weighted by molar-refractivity contribution is 7.35. The smallest absolute Gasteiger partial charge is 0.166 e. The standard InChI is InChI=1S/C8H4B6F3/c1-3-2-4(9)6(13-10)5(8(15,16)17)7(3)14(11)12/h2H,1H3. The number of halogens is 3. The molecule has 0 bridgehead atoms. The van der Waals surface area contributed by atoms with Crippen LogP contribution in [0.15, 0.2) is 6.07 Å². The molecule has 0 N–H and O–H groups in total. The monoisotopic (exact) mass is 223 g/mol. The van der Waals surface area contributed by atoms with Gasteiger partial charge in [-0.15, -0.1) is 5.46 Å². The van der Waals surface area contributed by atoms with Crippen molar-refractivity contribution >= 4 is 61.1 Å². The first-order valence-corrected chi connectivity index (χ1v) is 4.76. The second-order valence-corrected chi connectivity index (χ2v) is 3.68. The van der Waals surface area contributed by atoms with E-state index in [2.05, 4.69) is 0 Å². The molecule has 0 fully saturated rings. The average Bonchev–Trinajstić information content (AvgIpc) is 2.14. The maximum absolute atomic E-state index is 13.0. The first-order chi connectivity index (χ1) is 7.70. The lowest BCUT2D eigenvalue weighted by Crippen LogP contribution is -2.50. The minimum atomic E-state index is -4.61. The van der Waals surface area contributed by atoms with Gasteiger partial charge in [0.05, 0.1) is 13.7 Å². The predicted molar refractivity (Wildman–Crippen MR) is 69.6 cm³/mol. The molecule has 75 valence electrons. The molecule has 9 heteroatoms. The third-order valence-corrected chi connectivity index (χ3v) is 2.43. The van der Waals surface area contributed by atoms with Crippen LogP contribution in [0.2, 0.25) is 0 Å². The van der Waals surface area contributed by atoms with Crippen LogP contribution < -0.4 is 16.4 Å². The fourth-order valence-corrected chi connectivity index (χ4v) is 1.79. The van der Waals surface area contributed by atoms with Gasteiger partial charge in [-0.25, -0.2) is 0 Å². The fourth-order valence-electron chi connectivity index (χ4n) is 1.79. The zero-order chi connectivity index (χ0) is 13.4. The van der Waals surface area contributed by atoms with E-state index in [1.54, 1.807) is 0 Å². The number of rotatable bonds is 2. The van der Waals surface area contributed by atoms with Crippen molar-refractivity contribution in [2.45, 2.75) is 13.1 Å². The summed E-state index contributed by atoms with van der Waals surface area (Å²) >= 11 is 0. The predicted octanol–water partition coefficient (Wildman–Crippen LogP) is -1.75. The van der Waals surface area contributed by atoms with Gasteiger partial charge >= 0.3 is 6.18 Å². The Balaban J connectivity index is 3.70. The van der Waals surface area contributed by atoms with Crippen LogP contribution in [0.25, 0.3) is 0 Å². The van der Waals surface area contributed by atoms with Crippen molar-refractivity contribution in [2.24, 2.45) is 0 Å². The van der Waals surface area contributed by atoms with Crippen molar-refractivity contribution < 1.29 is 13.2 Å². The highest BCUT2D eigenvalue weighted by Crippen LogP contribution is 2.26. The van der Waals surface area contributed by atoms with E-state index in [0.29, 0.717) is 0 Å². The summed E-state index contributed by atoms with van der Waals surface area (Å²) in [6, 6.07) is 1.37. The maximum atomic E-state index is 13.0. The van der Waals surface area contributed by atoms with Crippen molar-refractivity contribution in [3.63, 3.8) is 0 Å². The second-order valence-electron chi connectivity index (χ2n) is 3.68. The number of hydrogen-bond donors (Lipinski definition) is 0. The normalized spacial score (nSPS) is 11.3. The van der Waals surface area contributed by atoms with Gasteiger partial charge in [-0.1, -0.05) is 22.6 Å². The molecular formula is C8H4B6F3. The van der Waals surface area contributed by atoms with Crippen molar-refractivity contribution in [1.82, 2.24) is 0 Å². The Labute approximate surface area is 105 Å². The molecule has 0 heterocycles. The van der Waals surface area contributed by atoms with Crippen LogP contribution in [-0.2, 0) is 6.18 Å². The largest absolute Gasteiger partial charge is 0.415 e. The summed E-state index contributed by atoms with van der Waals surface area (Å²) in [7, 11) is 22.2. The van der Waals surface area contributed by atoms with E-state index in [9.17, 15) is 13.2 Å². The van der Waals surface area contributed by atoms with E-state index in [4.69, 9.17) is 31.1 Å².